The van der Waals surface area contributed by atoms with E-state index in [2.05, 4.69) is 4.74 Å². The molecule has 0 spiro atoms. The first kappa shape index (κ1) is 21.1. The Morgan fingerprint density at radius 2 is 1.68 bits per heavy atom. The molecule has 0 aromatic heterocycles. The Bertz CT molecular complexity index is 827. The third kappa shape index (κ3) is 6.22. The van der Waals surface area contributed by atoms with Crippen LogP contribution in [0.4, 0.5) is 13.2 Å². The van der Waals surface area contributed by atoms with Gasteiger partial charge in [-0.05, 0) is 29.8 Å². The van der Waals surface area contributed by atoms with Crippen LogP contribution in [0.2, 0.25) is 0 Å². The Labute approximate surface area is 160 Å². The lowest BCUT2D eigenvalue weighted by molar-refractivity contribution is -0.275. The summed E-state index contributed by atoms with van der Waals surface area (Å²) in [6.45, 7) is -0.0448. The smallest absolute Gasteiger partial charge is 0.497 e. The Morgan fingerprint density at radius 3 is 2.25 bits per heavy atom. The number of methoxy groups -OCH3 is 2. The highest BCUT2D eigenvalue weighted by Gasteiger charge is 2.32. The van der Waals surface area contributed by atoms with E-state index in [1.54, 1.807) is 30.3 Å². The van der Waals surface area contributed by atoms with Gasteiger partial charge in [-0.1, -0.05) is 18.2 Å². The summed E-state index contributed by atoms with van der Waals surface area (Å²) in [5.74, 6) is 0.413. The van der Waals surface area contributed by atoms with Gasteiger partial charge in [-0.3, -0.25) is 4.79 Å². The topological polar surface area (TPSA) is 48.0 Å². The SMILES string of the molecule is COc1cc(C=CC(=O)N(C)Cc2ccccc2OC(F)(F)F)cc(OC)c1. The van der Waals surface area contributed by atoms with E-state index in [1.165, 1.54) is 50.4 Å². The lowest BCUT2D eigenvalue weighted by Crippen LogP contribution is -2.25. The van der Waals surface area contributed by atoms with Gasteiger partial charge in [0.1, 0.15) is 17.2 Å². The maximum atomic E-state index is 12.5. The molecule has 8 heteroatoms. The van der Waals surface area contributed by atoms with Crippen molar-refractivity contribution in [3.63, 3.8) is 0 Å². The van der Waals surface area contributed by atoms with Crippen LogP contribution in [0.5, 0.6) is 17.2 Å². The van der Waals surface area contributed by atoms with Crippen LogP contribution in [0.1, 0.15) is 11.1 Å². The number of carbonyl (C=O) groups is 1. The van der Waals surface area contributed by atoms with Crippen molar-refractivity contribution >= 4 is 12.0 Å². The number of rotatable bonds is 7. The molecule has 0 aliphatic heterocycles. The van der Waals surface area contributed by atoms with Crippen molar-refractivity contribution in [1.29, 1.82) is 0 Å². The molecule has 0 fully saturated rings. The van der Waals surface area contributed by atoms with Gasteiger partial charge in [-0.15, -0.1) is 13.2 Å². The highest BCUT2D eigenvalue weighted by atomic mass is 19.4. The van der Waals surface area contributed by atoms with Gasteiger partial charge in [-0.25, -0.2) is 0 Å². The van der Waals surface area contributed by atoms with Crippen LogP contribution in [0.25, 0.3) is 6.08 Å². The second kappa shape index (κ2) is 9.16. The van der Waals surface area contributed by atoms with E-state index in [1.807, 2.05) is 0 Å². The van der Waals surface area contributed by atoms with Gasteiger partial charge in [0.15, 0.2) is 0 Å². The fourth-order valence-electron chi connectivity index (χ4n) is 2.41. The Balaban J connectivity index is 2.11. The molecule has 0 atom stereocenters. The normalized spacial score (nSPS) is 11.4. The molecule has 1 amide bonds. The number of likely N-dealkylation sites (N-methyl/N-ethyl adjacent to an activating group) is 1. The average Bonchev–Trinajstić information content (AvgIpc) is 2.66. The molecule has 0 radical (unpaired) electrons. The summed E-state index contributed by atoms with van der Waals surface area (Å²) in [6.07, 6.45) is -1.91. The van der Waals surface area contributed by atoms with E-state index in [0.29, 0.717) is 17.1 Å². The largest absolute Gasteiger partial charge is 0.573 e. The summed E-state index contributed by atoms with van der Waals surface area (Å²) < 4.78 is 51.9. The fraction of sp³-hybridized carbons (Fsp3) is 0.250. The first-order valence-corrected chi connectivity index (χ1v) is 8.21. The van der Waals surface area contributed by atoms with Gasteiger partial charge in [0, 0.05) is 31.3 Å². The monoisotopic (exact) mass is 395 g/mol. The summed E-state index contributed by atoms with van der Waals surface area (Å²) in [5, 5.41) is 0. The summed E-state index contributed by atoms with van der Waals surface area (Å²) >= 11 is 0. The zero-order valence-corrected chi connectivity index (χ0v) is 15.6. The number of hydrogen-bond acceptors (Lipinski definition) is 4. The van der Waals surface area contributed by atoms with Gasteiger partial charge in [0.05, 0.1) is 14.2 Å². The van der Waals surface area contributed by atoms with Crippen LogP contribution in [-0.2, 0) is 11.3 Å². The third-order valence-electron chi connectivity index (χ3n) is 3.77. The molecular weight excluding hydrogens is 375 g/mol. The van der Waals surface area contributed by atoms with Gasteiger partial charge in [0.2, 0.25) is 5.91 Å². The molecule has 2 aromatic rings. The molecule has 5 nitrogen and oxygen atoms in total. The first-order valence-electron chi connectivity index (χ1n) is 8.21. The minimum atomic E-state index is -4.80. The maximum Gasteiger partial charge on any atom is 0.573 e. The quantitative estimate of drug-likeness (QED) is 0.657. The minimum absolute atomic E-state index is 0.0448. The number of hydrogen-bond donors (Lipinski definition) is 0. The fourth-order valence-corrected chi connectivity index (χ4v) is 2.41. The molecular formula is C20H20F3NO4. The molecule has 0 bridgehead atoms. The number of alkyl halides is 3. The van der Waals surface area contributed by atoms with Crippen LogP contribution in [0, 0.1) is 0 Å². The van der Waals surface area contributed by atoms with Crippen molar-refractivity contribution in [2.75, 3.05) is 21.3 Å². The van der Waals surface area contributed by atoms with Crippen LogP contribution < -0.4 is 14.2 Å². The maximum absolute atomic E-state index is 12.5. The number of benzene rings is 2. The molecule has 0 N–H and O–H groups in total. The summed E-state index contributed by atoms with van der Waals surface area (Å²) in [6, 6.07) is 10.8. The van der Waals surface area contributed by atoms with Gasteiger partial charge in [-0.2, -0.15) is 0 Å². The molecule has 0 aliphatic carbocycles. The van der Waals surface area contributed by atoms with Crippen molar-refractivity contribution in [3.05, 3.63) is 59.7 Å². The standard InChI is InChI=1S/C20H20F3NO4/c1-24(13-15-6-4-5-7-18(15)28-20(21,22)23)19(25)9-8-14-10-16(26-2)12-17(11-14)27-3/h4-12H,13H2,1-3H3. The second-order valence-electron chi connectivity index (χ2n) is 5.83. The van der Waals surface area contributed by atoms with Gasteiger partial charge < -0.3 is 19.1 Å². The Kier molecular flexibility index (Phi) is 6.92. The summed E-state index contributed by atoms with van der Waals surface area (Å²) in [4.78, 5) is 13.6. The predicted molar refractivity (Wildman–Crippen MR) is 98.2 cm³/mol. The lowest BCUT2D eigenvalue weighted by atomic mass is 10.1. The molecule has 2 rings (SSSR count). The number of para-hydroxylation sites is 1. The van der Waals surface area contributed by atoms with Gasteiger partial charge >= 0.3 is 6.36 Å². The van der Waals surface area contributed by atoms with Gasteiger partial charge in [0.25, 0.3) is 0 Å². The number of carbonyl (C=O) groups excluding carboxylic acids is 1. The molecule has 0 saturated carbocycles. The Hall–Kier alpha value is -3.16. The number of nitrogens with zero attached hydrogens (tertiary/aromatic N) is 1. The average molecular weight is 395 g/mol. The zero-order valence-electron chi connectivity index (χ0n) is 15.6. The molecule has 0 saturated heterocycles. The zero-order chi connectivity index (χ0) is 20.7. The highest BCUT2D eigenvalue weighted by Crippen LogP contribution is 2.27. The van der Waals surface area contributed by atoms with Crippen molar-refractivity contribution in [2.45, 2.75) is 12.9 Å². The van der Waals surface area contributed by atoms with Crippen LogP contribution in [0.15, 0.2) is 48.5 Å². The van der Waals surface area contributed by atoms with Crippen molar-refractivity contribution in [2.24, 2.45) is 0 Å². The van der Waals surface area contributed by atoms with Crippen LogP contribution in [-0.4, -0.2) is 38.4 Å². The number of amides is 1. The first-order chi connectivity index (χ1) is 13.2. The predicted octanol–water partition coefficient (Wildman–Crippen LogP) is 4.27. The van der Waals surface area contributed by atoms with Crippen molar-refractivity contribution in [1.82, 2.24) is 4.90 Å². The molecule has 0 aliphatic rings. The summed E-state index contributed by atoms with van der Waals surface area (Å²) in [7, 11) is 4.52. The van der Waals surface area contributed by atoms with Crippen molar-refractivity contribution in [3.8, 4) is 17.2 Å². The summed E-state index contributed by atoms with van der Waals surface area (Å²) in [5.41, 5.74) is 0.922. The third-order valence-corrected chi connectivity index (χ3v) is 3.77. The molecule has 150 valence electrons. The molecule has 0 unspecified atom stereocenters. The molecule has 0 heterocycles. The number of ether oxygens (including phenoxy) is 3. The van der Waals surface area contributed by atoms with Crippen LogP contribution in [0.3, 0.4) is 0 Å². The molecule has 28 heavy (non-hydrogen) atoms. The van der Waals surface area contributed by atoms with E-state index in [9.17, 15) is 18.0 Å². The van der Waals surface area contributed by atoms with E-state index >= 15 is 0 Å². The molecule has 2 aromatic carbocycles. The van der Waals surface area contributed by atoms with E-state index in [-0.39, 0.29) is 23.8 Å². The Morgan fingerprint density at radius 1 is 1.07 bits per heavy atom. The lowest BCUT2D eigenvalue weighted by Gasteiger charge is -2.18. The van der Waals surface area contributed by atoms with E-state index in [4.69, 9.17) is 9.47 Å². The van der Waals surface area contributed by atoms with Crippen LogP contribution >= 0.6 is 0 Å². The van der Waals surface area contributed by atoms with E-state index in [0.717, 1.165) is 0 Å². The van der Waals surface area contributed by atoms with E-state index < -0.39 is 6.36 Å². The number of halogens is 3. The minimum Gasteiger partial charge on any atom is -0.497 e. The highest BCUT2D eigenvalue weighted by molar-refractivity contribution is 5.91. The second-order valence-corrected chi connectivity index (χ2v) is 5.83. The van der Waals surface area contributed by atoms with Crippen molar-refractivity contribution < 1.29 is 32.2 Å².